The van der Waals surface area contributed by atoms with Crippen LogP contribution in [0.15, 0.2) is 42.5 Å². The lowest BCUT2D eigenvalue weighted by atomic mass is 10.1. The molecule has 0 heterocycles. The molecular weight excluding hydrogens is 380 g/mol. The van der Waals surface area contributed by atoms with Crippen molar-refractivity contribution in [3.8, 4) is 0 Å². The lowest BCUT2D eigenvalue weighted by molar-refractivity contribution is -0.148. The largest absolute Gasteiger partial charge is 0.454 e. The summed E-state index contributed by atoms with van der Waals surface area (Å²) >= 11 is 5.97. The summed E-state index contributed by atoms with van der Waals surface area (Å²) in [5, 5.41) is 5.57. The van der Waals surface area contributed by atoms with Gasteiger partial charge in [0.2, 0.25) is 0 Å². The van der Waals surface area contributed by atoms with E-state index in [0.717, 1.165) is 23.2 Å². The summed E-state index contributed by atoms with van der Waals surface area (Å²) in [5.74, 6) is -1.65. The molecule has 148 valence electrons. The molecule has 28 heavy (non-hydrogen) atoms. The summed E-state index contributed by atoms with van der Waals surface area (Å²) in [7, 11) is 0. The molecule has 0 spiro atoms. The molecule has 0 bridgehead atoms. The highest BCUT2D eigenvalue weighted by Gasteiger charge is 2.20. The molecule has 0 aliphatic heterocycles. The third-order valence-corrected chi connectivity index (χ3v) is 4.50. The number of rotatable bonds is 7. The van der Waals surface area contributed by atoms with Crippen LogP contribution >= 0.6 is 11.6 Å². The van der Waals surface area contributed by atoms with E-state index in [4.69, 9.17) is 16.3 Å². The van der Waals surface area contributed by atoms with Crippen LogP contribution in [0, 0.1) is 6.92 Å². The minimum Gasteiger partial charge on any atom is -0.454 e. The minimum atomic E-state index is -0.929. The Balaban J connectivity index is 1.88. The van der Waals surface area contributed by atoms with Crippen molar-refractivity contribution >= 4 is 35.1 Å². The van der Waals surface area contributed by atoms with Gasteiger partial charge in [-0.15, -0.1) is 0 Å². The second-order valence-electron chi connectivity index (χ2n) is 6.29. The van der Waals surface area contributed by atoms with Gasteiger partial charge in [0.25, 0.3) is 11.8 Å². The van der Waals surface area contributed by atoms with E-state index in [-0.39, 0.29) is 10.6 Å². The topological polar surface area (TPSA) is 84.5 Å². The van der Waals surface area contributed by atoms with Crippen molar-refractivity contribution in [3.05, 3.63) is 64.2 Å². The van der Waals surface area contributed by atoms with Crippen molar-refractivity contribution in [3.63, 3.8) is 0 Å². The molecule has 2 rings (SSSR count). The highest BCUT2D eigenvalue weighted by Crippen LogP contribution is 2.21. The van der Waals surface area contributed by atoms with Crippen molar-refractivity contribution in [1.82, 2.24) is 5.32 Å². The number of benzene rings is 2. The Morgan fingerprint density at radius 3 is 2.50 bits per heavy atom. The summed E-state index contributed by atoms with van der Waals surface area (Å²) in [4.78, 5) is 36.4. The first-order valence-electron chi connectivity index (χ1n) is 8.93. The standard InChI is InChI=1S/C21H23ClN2O4/c1-4-15-9-7-8-13(2)19(15)24-18(25)12-28-21(27)14(3)23-20(26)16-10-5-6-11-17(16)22/h5-11,14H,4,12H2,1-3H3,(H,23,26)(H,24,25)/t14-/m0/s1. The average molecular weight is 403 g/mol. The third-order valence-electron chi connectivity index (χ3n) is 4.17. The second kappa shape index (κ2) is 9.90. The van der Waals surface area contributed by atoms with Gasteiger partial charge in [0, 0.05) is 5.69 Å². The van der Waals surface area contributed by atoms with Crippen LogP contribution in [0.5, 0.6) is 0 Å². The Morgan fingerprint density at radius 2 is 1.82 bits per heavy atom. The molecule has 2 amide bonds. The zero-order valence-corrected chi connectivity index (χ0v) is 16.8. The van der Waals surface area contributed by atoms with Gasteiger partial charge >= 0.3 is 5.97 Å². The Labute approximate surface area is 169 Å². The first-order valence-corrected chi connectivity index (χ1v) is 9.31. The van der Waals surface area contributed by atoms with E-state index in [9.17, 15) is 14.4 Å². The van der Waals surface area contributed by atoms with Crippen molar-refractivity contribution in [2.45, 2.75) is 33.2 Å². The molecule has 2 aromatic carbocycles. The predicted molar refractivity (Wildman–Crippen MR) is 109 cm³/mol. The van der Waals surface area contributed by atoms with Gasteiger partial charge in [-0.2, -0.15) is 0 Å². The van der Waals surface area contributed by atoms with Gasteiger partial charge < -0.3 is 15.4 Å². The van der Waals surface area contributed by atoms with Crippen molar-refractivity contribution in [1.29, 1.82) is 0 Å². The Kier molecular flexibility index (Phi) is 7.58. The van der Waals surface area contributed by atoms with Crippen LogP contribution in [0.25, 0.3) is 0 Å². The van der Waals surface area contributed by atoms with Crippen LogP contribution < -0.4 is 10.6 Å². The highest BCUT2D eigenvalue weighted by atomic mass is 35.5. The predicted octanol–water partition coefficient (Wildman–Crippen LogP) is 3.51. The Morgan fingerprint density at radius 1 is 1.11 bits per heavy atom. The number of nitrogens with one attached hydrogen (secondary N) is 2. The van der Waals surface area contributed by atoms with Gasteiger partial charge in [-0.25, -0.2) is 4.79 Å². The molecule has 0 aromatic heterocycles. The van der Waals surface area contributed by atoms with Gasteiger partial charge in [-0.1, -0.05) is 48.9 Å². The van der Waals surface area contributed by atoms with Crippen molar-refractivity contribution < 1.29 is 19.1 Å². The monoisotopic (exact) mass is 402 g/mol. The van der Waals surface area contributed by atoms with E-state index in [1.807, 2.05) is 32.0 Å². The summed E-state index contributed by atoms with van der Waals surface area (Å²) < 4.78 is 5.02. The van der Waals surface area contributed by atoms with Gasteiger partial charge in [-0.05, 0) is 43.5 Å². The maximum atomic E-state index is 12.2. The third kappa shape index (κ3) is 5.57. The van der Waals surface area contributed by atoms with Crippen LogP contribution in [0.4, 0.5) is 5.69 Å². The van der Waals surface area contributed by atoms with Crippen molar-refractivity contribution in [2.75, 3.05) is 11.9 Å². The smallest absolute Gasteiger partial charge is 0.328 e. The summed E-state index contributed by atoms with van der Waals surface area (Å²) in [5.41, 5.74) is 2.92. The number of hydrogen-bond donors (Lipinski definition) is 2. The quantitative estimate of drug-likeness (QED) is 0.694. The number of hydrogen-bond acceptors (Lipinski definition) is 4. The molecule has 1 atom stereocenters. The van der Waals surface area contributed by atoms with Gasteiger partial charge in [-0.3, -0.25) is 9.59 Å². The molecule has 0 radical (unpaired) electrons. The number of anilines is 1. The fourth-order valence-corrected chi connectivity index (χ4v) is 2.84. The molecule has 0 saturated carbocycles. The van der Waals surface area contributed by atoms with Gasteiger partial charge in [0.1, 0.15) is 6.04 Å². The number of amides is 2. The number of carbonyl (C=O) groups is 3. The van der Waals surface area contributed by atoms with Crippen molar-refractivity contribution in [2.24, 2.45) is 0 Å². The Bertz CT molecular complexity index is 882. The number of halogens is 1. The Hall–Kier alpha value is -2.86. The van der Waals surface area contributed by atoms with E-state index in [1.54, 1.807) is 24.3 Å². The zero-order valence-electron chi connectivity index (χ0n) is 16.0. The van der Waals surface area contributed by atoms with E-state index in [2.05, 4.69) is 10.6 Å². The first-order chi connectivity index (χ1) is 13.3. The van der Waals surface area contributed by atoms with Crippen LogP contribution in [0.2, 0.25) is 5.02 Å². The average Bonchev–Trinajstić information content (AvgIpc) is 2.67. The maximum Gasteiger partial charge on any atom is 0.328 e. The van der Waals surface area contributed by atoms with E-state index in [1.165, 1.54) is 6.92 Å². The molecule has 6 nitrogen and oxygen atoms in total. The summed E-state index contributed by atoms with van der Waals surface area (Å²) in [6.45, 7) is 4.93. The SMILES string of the molecule is CCc1cccc(C)c1NC(=O)COC(=O)[C@H](C)NC(=O)c1ccccc1Cl. The number of carbonyl (C=O) groups excluding carboxylic acids is 3. The van der Waals surface area contributed by atoms with Gasteiger partial charge in [0.15, 0.2) is 6.61 Å². The second-order valence-corrected chi connectivity index (χ2v) is 6.70. The molecule has 2 aromatic rings. The van der Waals surface area contributed by atoms with Crippen LogP contribution in [0.1, 0.15) is 35.3 Å². The minimum absolute atomic E-state index is 0.258. The van der Waals surface area contributed by atoms with Crippen LogP contribution in [-0.4, -0.2) is 30.4 Å². The fourth-order valence-electron chi connectivity index (χ4n) is 2.62. The first kappa shape index (κ1) is 21.4. The van der Waals surface area contributed by atoms with E-state index < -0.39 is 30.4 Å². The molecular formula is C21H23ClN2O4. The molecule has 0 aliphatic carbocycles. The normalized spacial score (nSPS) is 11.4. The highest BCUT2D eigenvalue weighted by molar-refractivity contribution is 6.33. The van der Waals surface area contributed by atoms with Gasteiger partial charge in [0.05, 0.1) is 10.6 Å². The van der Waals surface area contributed by atoms with E-state index in [0.29, 0.717) is 0 Å². The lowest BCUT2D eigenvalue weighted by Gasteiger charge is -2.15. The fraction of sp³-hybridized carbons (Fsp3) is 0.286. The molecule has 0 aliphatic rings. The molecule has 0 saturated heterocycles. The zero-order chi connectivity index (χ0) is 20.7. The number of para-hydroxylation sites is 1. The summed E-state index contributed by atoms with van der Waals surface area (Å²) in [6, 6.07) is 11.3. The molecule has 0 unspecified atom stereocenters. The van der Waals surface area contributed by atoms with E-state index >= 15 is 0 Å². The number of esters is 1. The summed E-state index contributed by atoms with van der Waals surface area (Å²) in [6.07, 6.45) is 0.766. The van der Waals surface area contributed by atoms with Crippen LogP contribution in [-0.2, 0) is 20.7 Å². The molecule has 0 fully saturated rings. The molecule has 2 N–H and O–H groups in total. The van der Waals surface area contributed by atoms with Crippen LogP contribution in [0.3, 0.4) is 0 Å². The lowest BCUT2D eigenvalue weighted by Crippen LogP contribution is -2.40. The number of aryl methyl sites for hydroxylation is 2. The number of ether oxygens (including phenoxy) is 1. The molecule has 7 heteroatoms. The maximum absolute atomic E-state index is 12.2.